The molecule has 1 rings (SSSR count). The maximum atomic E-state index is 11.6. The van der Waals surface area contributed by atoms with E-state index >= 15 is 0 Å². The van der Waals surface area contributed by atoms with Crippen LogP contribution in [0.2, 0.25) is 0 Å². The Bertz CT molecular complexity index is 457. The van der Waals surface area contributed by atoms with Gasteiger partial charge >= 0.3 is 0 Å². The molecule has 1 unspecified atom stereocenters. The number of carbonyl (C=O) groups is 1. The largest absolute Gasteiger partial charge is 0.491 e. The number of primary amides is 1. The summed E-state index contributed by atoms with van der Waals surface area (Å²) in [6.45, 7) is 9.99. The van der Waals surface area contributed by atoms with E-state index in [-0.39, 0.29) is 12.6 Å². The summed E-state index contributed by atoms with van der Waals surface area (Å²) in [5, 5.41) is 3.15. The third-order valence-electron chi connectivity index (χ3n) is 3.16. The predicted molar refractivity (Wildman–Crippen MR) is 77.3 cm³/mol. The van der Waals surface area contributed by atoms with Gasteiger partial charge in [0, 0.05) is 6.04 Å². The summed E-state index contributed by atoms with van der Waals surface area (Å²) in [6.07, 6.45) is 0. The first-order valence-electron chi connectivity index (χ1n) is 6.52. The lowest BCUT2D eigenvalue weighted by Gasteiger charge is -2.29. The van der Waals surface area contributed by atoms with Crippen molar-refractivity contribution in [3.05, 3.63) is 29.3 Å². The average Bonchev–Trinajstić information content (AvgIpc) is 2.29. The standard InChI is InChI=1S/C15H24N2O2/c1-10(2)17-15(5,14(16)18)9-19-13-7-6-11(3)12(4)8-13/h6-8,10,17H,9H2,1-5H3,(H2,16,18). The number of carbonyl (C=O) groups excluding carboxylic acids is 1. The maximum absolute atomic E-state index is 11.6. The molecule has 0 saturated heterocycles. The number of benzene rings is 1. The average molecular weight is 264 g/mol. The van der Waals surface area contributed by atoms with Gasteiger partial charge in [-0.2, -0.15) is 0 Å². The number of nitrogens with two attached hydrogens (primary N) is 1. The zero-order chi connectivity index (χ0) is 14.6. The van der Waals surface area contributed by atoms with Crippen molar-refractivity contribution in [2.45, 2.75) is 46.2 Å². The summed E-state index contributed by atoms with van der Waals surface area (Å²) in [7, 11) is 0. The predicted octanol–water partition coefficient (Wildman–Crippen LogP) is 1.92. The minimum atomic E-state index is -0.868. The Hall–Kier alpha value is -1.55. The Morgan fingerprint density at radius 3 is 2.47 bits per heavy atom. The summed E-state index contributed by atoms with van der Waals surface area (Å²) in [5.74, 6) is 0.339. The van der Waals surface area contributed by atoms with Crippen LogP contribution in [0.5, 0.6) is 5.75 Å². The number of hydrogen-bond donors (Lipinski definition) is 2. The van der Waals surface area contributed by atoms with Crippen LogP contribution in [0.15, 0.2) is 18.2 Å². The molecule has 1 amide bonds. The quantitative estimate of drug-likeness (QED) is 0.825. The molecule has 0 aliphatic rings. The van der Waals surface area contributed by atoms with Gasteiger partial charge in [0.05, 0.1) is 0 Å². The van der Waals surface area contributed by atoms with E-state index in [9.17, 15) is 4.79 Å². The maximum Gasteiger partial charge on any atom is 0.240 e. The van der Waals surface area contributed by atoms with Gasteiger partial charge in [-0.3, -0.25) is 10.1 Å². The molecule has 1 aromatic rings. The van der Waals surface area contributed by atoms with E-state index in [1.165, 1.54) is 5.56 Å². The van der Waals surface area contributed by atoms with Crippen LogP contribution in [0.3, 0.4) is 0 Å². The first-order valence-corrected chi connectivity index (χ1v) is 6.52. The molecule has 0 bridgehead atoms. The van der Waals surface area contributed by atoms with Crippen LogP contribution < -0.4 is 15.8 Å². The first-order chi connectivity index (χ1) is 8.74. The van der Waals surface area contributed by atoms with Gasteiger partial charge in [0.15, 0.2) is 0 Å². The van der Waals surface area contributed by atoms with Gasteiger partial charge in [0.1, 0.15) is 17.9 Å². The van der Waals surface area contributed by atoms with Crippen molar-refractivity contribution < 1.29 is 9.53 Å². The highest BCUT2D eigenvalue weighted by atomic mass is 16.5. The lowest BCUT2D eigenvalue weighted by atomic mass is 10.0. The molecule has 1 aromatic carbocycles. The van der Waals surface area contributed by atoms with Crippen LogP contribution in [0.25, 0.3) is 0 Å². The highest BCUT2D eigenvalue weighted by Gasteiger charge is 2.32. The van der Waals surface area contributed by atoms with Crippen molar-refractivity contribution in [2.24, 2.45) is 5.73 Å². The van der Waals surface area contributed by atoms with Crippen molar-refractivity contribution in [2.75, 3.05) is 6.61 Å². The van der Waals surface area contributed by atoms with Crippen LogP contribution in [0.1, 0.15) is 31.9 Å². The fraction of sp³-hybridized carbons (Fsp3) is 0.533. The highest BCUT2D eigenvalue weighted by molar-refractivity contribution is 5.84. The Morgan fingerprint density at radius 1 is 1.37 bits per heavy atom. The molecule has 0 saturated carbocycles. The van der Waals surface area contributed by atoms with Gasteiger partial charge in [0.2, 0.25) is 5.91 Å². The van der Waals surface area contributed by atoms with Crippen LogP contribution in [-0.2, 0) is 4.79 Å². The van der Waals surface area contributed by atoms with Crippen LogP contribution in [-0.4, -0.2) is 24.1 Å². The second kappa shape index (κ2) is 6.06. The number of aryl methyl sites for hydroxylation is 2. The van der Waals surface area contributed by atoms with Gasteiger partial charge in [0.25, 0.3) is 0 Å². The molecule has 0 aliphatic carbocycles. The van der Waals surface area contributed by atoms with Gasteiger partial charge in [-0.05, 0) is 57.9 Å². The molecule has 0 radical (unpaired) electrons. The van der Waals surface area contributed by atoms with E-state index in [0.717, 1.165) is 11.3 Å². The van der Waals surface area contributed by atoms with Crippen molar-refractivity contribution >= 4 is 5.91 Å². The molecule has 3 N–H and O–H groups in total. The van der Waals surface area contributed by atoms with Crippen molar-refractivity contribution in [3.8, 4) is 5.75 Å². The third kappa shape index (κ3) is 4.24. The lowest BCUT2D eigenvalue weighted by molar-refractivity contribution is -0.125. The van der Waals surface area contributed by atoms with Crippen LogP contribution >= 0.6 is 0 Å². The summed E-state index contributed by atoms with van der Waals surface area (Å²) >= 11 is 0. The monoisotopic (exact) mass is 264 g/mol. The molecule has 106 valence electrons. The SMILES string of the molecule is Cc1ccc(OCC(C)(NC(C)C)C(N)=O)cc1C. The first kappa shape index (κ1) is 15.5. The topological polar surface area (TPSA) is 64.3 Å². The summed E-state index contributed by atoms with van der Waals surface area (Å²) < 4.78 is 5.71. The second-order valence-corrected chi connectivity index (χ2v) is 5.53. The number of rotatable bonds is 6. The molecule has 4 heteroatoms. The molecule has 19 heavy (non-hydrogen) atoms. The number of nitrogens with one attached hydrogen (secondary N) is 1. The third-order valence-corrected chi connectivity index (χ3v) is 3.16. The van der Waals surface area contributed by atoms with E-state index in [1.807, 2.05) is 45.9 Å². The summed E-state index contributed by atoms with van der Waals surface area (Å²) in [6, 6.07) is 6.02. The normalized spacial score (nSPS) is 14.2. The van der Waals surface area contributed by atoms with Crippen LogP contribution in [0.4, 0.5) is 0 Å². The molecule has 0 spiro atoms. The molecular weight excluding hydrogens is 240 g/mol. The van der Waals surface area contributed by atoms with Crippen molar-refractivity contribution in [1.82, 2.24) is 5.32 Å². The smallest absolute Gasteiger partial charge is 0.240 e. The fourth-order valence-corrected chi connectivity index (χ4v) is 1.85. The lowest BCUT2D eigenvalue weighted by Crippen LogP contribution is -2.59. The Labute approximate surface area is 115 Å². The molecule has 4 nitrogen and oxygen atoms in total. The number of amides is 1. The molecule has 0 heterocycles. The fourth-order valence-electron chi connectivity index (χ4n) is 1.85. The van der Waals surface area contributed by atoms with Gasteiger partial charge in [-0.25, -0.2) is 0 Å². The second-order valence-electron chi connectivity index (χ2n) is 5.53. The van der Waals surface area contributed by atoms with E-state index in [2.05, 4.69) is 5.32 Å². The minimum Gasteiger partial charge on any atom is -0.491 e. The van der Waals surface area contributed by atoms with E-state index in [0.29, 0.717) is 0 Å². The molecule has 1 atom stereocenters. The van der Waals surface area contributed by atoms with Crippen LogP contribution in [0, 0.1) is 13.8 Å². The van der Waals surface area contributed by atoms with Gasteiger partial charge in [-0.1, -0.05) is 6.07 Å². The molecule has 0 fully saturated rings. The van der Waals surface area contributed by atoms with E-state index in [1.54, 1.807) is 6.92 Å². The molecule has 0 aliphatic heterocycles. The Balaban J connectivity index is 2.76. The summed E-state index contributed by atoms with van der Waals surface area (Å²) in [4.78, 5) is 11.6. The Kier molecular flexibility index (Phi) is 4.95. The Morgan fingerprint density at radius 2 is 2.00 bits per heavy atom. The molecule has 0 aromatic heterocycles. The van der Waals surface area contributed by atoms with E-state index < -0.39 is 11.4 Å². The van der Waals surface area contributed by atoms with E-state index in [4.69, 9.17) is 10.5 Å². The highest BCUT2D eigenvalue weighted by Crippen LogP contribution is 2.18. The zero-order valence-corrected chi connectivity index (χ0v) is 12.4. The number of ether oxygens (including phenoxy) is 1. The zero-order valence-electron chi connectivity index (χ0n) is 12.4. The number of hydrogen-bond acceptors (Lipinski definition) is 3. The minimum absolute atomic E-state index is 0.154. The summed E-state index contributed by atoms with van der Waals surface area (Å²) in [5.41, 5.74) is 6.96. The molecular formula is C15H24N2O2. The van der Waals surface area contributed by atoms with Gasteiger partial charge < -0.3 is 10.5 Å². The van der Waals surface area contributed by atoms with Crippen molar-refractivity contribution in [3.63, 3.8) is 0 Å². The van der Waals surface area contributed by atoms with Gasteiger partial charge in [-0.15, -0.1) is 0 Å². The van der Waals surface area contributed by atoms with Crippen molar-refractivity contribution in [1.29, 1.82) is 0 Å².